The lowest BCUT2D eigenvalue weighted by atomic mass is 9.81. The summed E-state index contributed by atoms with van der Waals surface area (Å²) in [5.41, 5.74) is 8.37. The minimum atomic E-state index is -0.958. The molecule has 1 atom stereocenters. The summed E-state index contributed by atoms with van der Waals surface area (Å²) < 4.78 is 0. The largest absolute Gasteiger partial charge is 0.399 e. The molecular weight excluding hydrogens is 378 g/mol. The van der Waals surface area contributed by atoms with Gasteiger partial charge in [-0.3, -0.25) is 9.59 Å². The van der Waals surface area contributed by atoms with Gasteiger partial charge in [0.1, 0.15) is 6.23 Å². The third-order valence-electron chi connectivity index (χ3n) is 5.92. The molecule has 1 saturated carbocycles. The maximum atomic E-state index is 13.0. The standard InChI is InChI=1S/C24H31N3O3/c1-17-5-4-6-19(15-17)22(29)26-14-13-24(11-2-3-12-24)23(30)27-21(28)16-18-7-9-20(25)10-8-18/h4-10,15,21,28H,2-3,11-14,16,25H2,1H3,(H,26,29)(H,27,30). The number of aryl methyl sites for hydroxylation is 1. The van der Waals surface area contributed by atoms with Gasteiger partial charge in [-0.2, -0.15) is 0 Å². The lowest BCUT2D eigenvalue weighted by molar-refractivity contribution is -0.134. The summed E-state index contributed by atoms with van der Waals surface area (Å²) in [5.74, 6) is -0.261. The first-order valence-electron chi connectivity index (χ1n) is 10.6. The number of carbonyl (C=O) groups is 2. The van der Waals surface area contributed by atoms with E-state index in [2.05, 4.69) is 10.6 Å². The molecule has 2 amide bonds. The first kappa shape index (κ1) is 21.8. The van der Waals surface area contributed by atoms with Crippen molar-refractivity contribution in [1.82, 2.24) is 10.6 Å². The van der Waals surface area contributed by atoms with E-state index in [1.54, 1.807) is 18.2 Å². The van der Waals surface area contributed by atoms with Gasteiger partial charge in [0.05, 0.1) is 5.41 Å². The van der Waals surface area contributed by atoms with E-state index in [1.165, 1.54) is 0 Å². The molecule has 0 aliphatic heterocycles. The van der Waals surface area contributed by atoms with E-state index in [9.17, 15) is 14.7 Å². The molecule has 5 N–H and O–H groups in total. The van der Waals surface area contributed by atoms with Gasteiger partial charge in [0.25, 0.3) is 5.91 Å². The van der Waals surface area contributed by atoms with Crippen molar-refractivity contribution < 1.29 is 14.7 Å². The summed E-state index contributed by atoms with van der Waals surface area (Å²) in [6.07, 6.45) is 3.43. The van der Waals surface area contributed by atoms with E-state index < -0.39 is 11.6 Å². The Morgan fingerprint density at radius 2 is 1.83 bits per heavy atom. The highest BCUT2D eigenvalue weighted by atomic mass is 16.3. The van der Waals surface area contributed by atoms with Gasteiger partial charge < -0.3 is 21.5 Å². The van der Waals surface area contributed by atoms with Crippen molar-refractivity contribution in [2.24, 2.45) is 5.41 Å². The number of aliphatic hydroxyl groups excluding tert-OH is 1. The maximum Gasteiger partial charge on any atom is 0.251 e. The van der Waals surface area contributed by atoms with Crippen LogP contribution in [0, 0.1) is 12.3 Å². The fourth-order valence-corrected chi connectivity index (χ4v) is 4.18. The van der Waals surface area contributed by atoms with Crippen LogP contribution in [0.4, 0.5) is 5.69 Å². The van der Waals surface area contributed by atoms with Crippen molar-refractivity contribution >= 4 is 17.5 Å². The quantitative estimate of drug-likeness (QED) is 0.397. The summed E-state index contributed by atoms with van der Waals surface area (Å²) in [6.45, 7) is 2.37. The van der Waals surface area contributed by atoms with Gasteiger partial charge in [-0.25, -0.2) is 0 Å². The van der Waals surface area contributed by atoms with Crippen LogP contribution in [0.1, 0.15) is 53.6 Å². The summed E-state index contributed by atoms with van der Waals surface area (Å²) in [4.78, 5) is 25.4. The van der Waals surface area contributed by atoms with Crippen molar-refractivity contribution in [2.45, 2.75) is 51.7 Å². The van der Waals surface area contributed by atoms with E-state index >= 15 is 0 Å². The molecule has 0 spiro atoms. The topological polar surface area (TPSA) is 104 Å². The number of hydrogen-bond acceptors (Lipinski definition) is 4. The van der Waals surface area contributed by atoms with Gasteiger partial charge in [-0.1, -0.05) is 42.7 Å². The zero-order chi connectivity index (χ0) is 21.6. The molecule has 3 rings (SSSR count). The number of nitrogens with two attached hydrogens (primary N) is 1. The third kappa shape index (κ3) is 5.60. The highest BCUT2D eigenvalue weighted by Crippen LogP contribution is 2.41. The summed E-state index contributed by atoms with van der Waals surface area (Å²) in [5, 5.41) is 16.1. The highest BCUT2D eigenvalue weighted by Gasteiger charge is 2.41. The number of hydrogen-bond donors (Lipinski definition) is 4. The fourth-order valence-electron chi connectivity index (χ4n) is 4.18. The highest BCUT2D eigenvalue weighted by molar-refractivity contribution is 5.94. The summed E-state index contributed by atoms with van der Waals surface area (Å²) in [7, 11) is 0. The van der Waals surface area contributed by atoms with Crippen molar-refractivity contribution in [3.8, 4) is 0 Å². The van der Waals surface area contributed by atoms with Gasteiger partial charge in [-0.05, 0) is 56.0 Å². The molecule has 2 aromatic rings. The van der Waals surface area contributed by atoms with Gasteiger partial charge in [0, 0.05) is 24.2 Å². The summed E-state index contributed by atoms with van der Waals surface area (Å²) in [6, 6.07) is 14.7. The van der Waals surface area contributed by atoms with Crippen LogP contribution in [0.3, 0.4) is 0 Å². The van der Waals surface area contributed by atoms with Crippen LogP contribution < -0.4 is 16.4 Å². The molecule has 0 aromatic heterocycles. The minimum absolute atomic E-state index is 0.129. The second-order valence-electron chi connectivity index (χ2n) is 8.30. The molecule has 6 nitrogen and oxygen atoms in total. The Bertz CT molecular complexity index is 874. The van der Waals surface area contributed by atoms with E-state index in [-0.39, 0.29) is 11.8 Å². The van der Waals surface area contributed by atoms with Crippen LogP contribution in [0.2, 0.25) is 0 Å². The average molecular weight is 410 g/mol. The predicted octanol–water partition coefficient (Wildman–Crippen LogP) is 2.93. The Morgan fingerprint density at radius 3 is 2.50 bits per heavy atom. The fraction of sp³-hybridized carbons (Fsp3) is 0.417. The SMILES string of the molecule is Cc1cccc(C(=O)NCCC2(C(=O)NC(O)Cc3ccc(N)cc3)CCCC2)c1. The molecule has 6 heteroatoms. The average Bonchev–Trinajstić information content (AvgIpc) is 3.20. The Morgan fingerprint density at radius 1 is 1.13 bits per heavy atom. The molecule has 1 aliphatic rings. The third-order valence-corrected chi connectivity index (χ3v) is 5.92. The second-order valence-corrected chi connectivity index (χ2v) is 8.30. The van der Waals surface area contributed by atoms with Crippen LogP contribution in [-0.2, 0) is 11.2 Å². The number of aliphatic hydroxyl groups is 1. The molecule has 30 heavy (non-hydrogen) atoms. The number of nitrogens with one attached hydrogen (secondary N) is 2. The van der Waals surface area contributed by atoms with Gasteiger partial charge in [-0.15, -0.1) is 0 Å². The lowest BCUT2D eigenvalue weighted by Gasteiger charge is -2.29. The molecule has 1 unspecified atom stereocenters. The van der Waals surface area contributed by atoms with Crippen molar-refractivity contribution in [3.05, 3.63) is 65.2 Å². The minimum Gasteiger partial charge on any atom is -0.399 e. The molecule has 160 valence electrons. The lowest BCUT2D eigenvalue weighted by Crippen LogP contribution is -2.46. The number of benzene rings is 2. The smallest absolute Gasteiger partial charge is 0.251 e. The first-order valence-corrected chi connectivity index (χ1v) is 10.6. The molecule has 1 aliphatic carbocycles. The number of rotatable bonds is 8. The zero-order valence-corrected chi connectivity index (χ0v) is 17.5. The van der Waals surface area contributed by atoms with Crippen LogP contribution in [-0.4, -0.2) is 29.7 Å². The molecule has 2 aromatic carbocycles. The Kier molecular flexibility index (Phi) is 7.11. The van der Waals surface area contributed by atoms with Crippen LogP contribution in [0.5, 0.6) is 0 Å². The Hall–Kier alpha value is -2.86. The first-order chi connectivity index (χ1) is 14.4. The zero-order valence-electron chi connectivity index (χ0n) is 17.5. The second kappa shape index (κ2) is 9.76. The van der Waals surface area contributed by atoms with Crippen LogP contribution in [0.15, 0.2) is 48.5 Å². The number of anilines is 1. The van der Waals surface area contributed by atoms with E-state index in [0.29, 0.717) is 30.6 Å². The van der Waals surface area contributed by atoms with Crippen molar-refractivity contribution in [1.29, 1.82) is 0 Å². The van der Waals surface area contributed by atoms with Crippen molar-refractivity contribution in [3.63, 3.8) is 0 Å². The molecule has 0 bridgehead atoms. The van der Waals surface area contributed by atoms with E-state index in [1.807, 2.05) is 37.3 Å². The van der Waals surface area contributed by atoms with E-state index in [0.717, 1.165) is 36.8 Å². The molecule has 0 radical (unpaired) electrons. The Labute approximate surface area is 177 Å². The van der Waals surface area contributed by atoms with Gasteiger partial charge >= 0.3 is 0 Å². The van der Waals surface area contributed by atoms with Gasteiger partial charge in [0.15, 0.2) is 0 Å². The van der Waals surface area contributed by atoms with E-state index in [4.69, 9.17) is 5.73 Å². The molecule has 0 heterocycles. The number of amides is 2. The molecule has 0 saturated heterocycles. The predicted molar refractivity (Wildman–Crippen MR) is 118 cm³/mol. The monoisotopic (exact) mass is 409 g/mol. The number of nitrogen functional groups attached to an aromatic ring is 1. The molecule has 1 fully saturated rings. The van der Waals surface area contributed by atoms with Gasteiger partial charge in [0.2, 0.25) is 5.91 Å². The van der Waals surface area contributed by atoms with Crippen LogP contribution >= 0.6 is 0 Å². The Balaban J connectivity index is 1.54. The van der Waals surface area contributed by atoms with Crippen molar-refractivity contribution in [2.75, 3.05) is 12.3 Å². The summed E-state index contributed by atoms with van der Waals surface area (Å²) >= 11 is 0. The number of carbonyl (C=O) groups excluding carboxylic acids is 2. The van der Waals surface area contributed by atoms with Crippen LogP contribution in [0.25, 0.3) is 0 Å². The molecular formula is C24H31N3O3. The maximum absolute atomic E-state index is 13.0. The normalized spacial score (nSPS) is 16.1.